The summed E-state index contributed by atoms with van der Waals surface area (Å²) < 4.78 is 22.6. The average Bonchev–Trinajstić information content (AvgIpc) is 3.46. The van der Waals surface area contributed by atoms with E-state index in [-0.39, 0.29) is 31.0 Å². The van der Waals surface area contributed by atoms with Crippen LogP contribution in [0.2, 0.25) is 0 Å². The van der Waals surface area contributed by atoms with Gasteiger partial charge in [-0.2, -0.15) is 0 Å². The Hall–Kier alpha value is -4.54. The van der Waals surface area contributed by atoms with Crippen molar-refractivity contribution >= 4 is 34.8 Å². The number of benzene rings is 1. The summed E-state index contributed by atoms with van der Waals surface area (Å²) in [5.41, 5.74) is 1.11. The lowest BCUT2D eigenvalue weighted by Crippen LogP contribution is -2.47. The van der Waals surface area contributed by atoms with Crippen LogP contribution in [0.4, 0.5) is 4.79 Å². The first-order valence-electron chi connectivity index (χ1n) is 11.2. The van der Waals surface area contributed by atoms with Gasteiger partial charge in [0.15, 0.2) is 0 Å². The number of amides is 2. The van der Waals surface area contributed by atoms with Crippen molar-refractivity contribution in [2.24, 2.45) is 0 Å². The minimum absolute atomic E-state index is 0.0676. The maximum atomic E-state index is 12.8. The zero-order valence-corrected chi connectivity index (χ0v) is 20.0. The van der Waals surface area contributed by atoms with Gasteiger partial charge in [0, 0.05) is 17.1 Å². The molecule has 3 heterocycles. The number of hydrogen-bond donors (Lipinski definition) is 2. The van der Waals surface area contributed by atoms with Crippen LogP contribution < -0.4 is 10.6 Å². The second-order valence-electron chi connectivity index (χ2n) is 7.93. The Balaban J connectivity index is 1.58. The molecule has 1 atom stereocenters. The van der Waals surface area contributed by atoms with Gasteiger partial charge in [0.1, 0.15) is 30.7 Å². The highest BCUT2D eigenvalue weighted by Gasteiger charge is 2.36. The summed E-state index contributed by atoms with van der Waals surface area (Å²) in [4.78, 5) is 50.0. The van der Waals surface area contributed by atoms with Gasteiger partial charge in [-0.05, 0) is 32.0 Å². The lowest BCUT2D eigenvalue weighted by molar-refractivity contribution is -0.144. The molecule has 0 aliphatic carbocycles. The first-order valence-corrected chi connectivity index (χ1v) is 11.2. The van der Waals surface area contributed by atoms with Crippen LogP contribution in [-0.4, -0.2) is 48.8 Å². The first kappa shape index (κ1) is 24.6. The molecular formula is C25H25N3O8. The number of fused-ring (bicyclic) bond motifs is 1. The topological polar surface area (TPSA) is 138 Å². The van der Waals surface area contributed by atoms with Crippen LogP contribution in [-0.2, 0) is 30.3 Å². The minimum Gasteiger partial charge on any atom is -0.465 e. The van der Waals surface area contributed by atoms with E-state index in [2.05, 4.69) is 10.6 Å². The Morgan fingerprint density at radius 2 is 1.86 bits per heavy atom. The van der Waals surface area contributed by atoms with Crippen LogP contribution in [0.5, 0.6) is 0 Å². The van der Waals surface area contributed by atoms with Gasteiger partial charge in [-0.3, -0.25) is 4.79 Å². The number of aryl methyl sites for hydroxylation is 1. The highest BCUT2D eigenvalue weighted by atomic mass is 16.5. The normalized spacial score (nSPS) is 15.3. The van der Waals surface area contributed by atoms with E-state index < -0.39 is 30.0 Å². The SMILES string of the molecule is CCOC(=O)C1=C(COC(=O)Cn2cc(C(=O)OC)c3ccccc32)NC(=O)N[C@@H]1c1ccc(C)o1. The largest absolute Gasteiger partial charge is 0.465 e. The van der Waals surface area contributed by atoms with Crippen LogP contribution in [0.3, 0.4) is 0 Å². The molecule has 36 heavy (non-hydrogen) atoms. The van der Waals surface area contributed by atoms with Gasteiger partial charge < -0.3 is 33.8 Å². The number of furan rings is 1. The summed E-state index contributed by atoms with van der Waals surface area (Å²) in [6, 6.07) is 8.91. The van der Waals surface area contributed by atoms with Crippen LogP contribution in [0.15, 0.2) is 58.3 Å². The number of methoxy groups -OCH3 is 1. The molecule has 1 aliphatic rings. The molecule has 0 saturated heterocycles. The minimum atomic E-state index is -0.920. The molecule has 11 nitrogen and oxygen atoms in total. The molecule has 1 aromatic carbocycles. The monoisotopic (exact) mass is 495 g/mol. The van der Waals surface area contributed by atoms with Crippen molar-refractivity contribution < 1.29 is 37.8 Å². The van der Waals surface area contributed by atoms with Crippen LogP contribution >= 0.6 is 0 Å². The summed E-state index contributed by atoms with van der Waals surface area (Å²) in [5.74, 6) is -0.933. The Morgan fingerprint density at radius 1 is 1.08 bits per heavy atom. The molecule has 0 saturated carbocycles. The molecule has 0 spiro atoms. The Bertz CT molecular complexity index is 1370. The maximum Gasteiger partial charge on any atom is 0.340 e. The lowest BCUT2D eigenvalue weighted by Gasteiger charge is -2.27. The fourth-order valence-corrected chi connectivity index (χ4v) is 3.99. The Morgan fingerprint density at radius 3 is 2.56 bits per heavy atom. The summed E-state index contributed by atoms with van der Waals surface area (Å²) in [7, 11) is 1.28. The van der Waals surface area contributed by atoms with Gasteiger partial charge in [0.25, 0.3) is 0 Å². The fraction of sp³-hybridized carbons (Fsp3) is 0.280. The maximum absolute atomic E-state index is 12.8. The molecular weight excluding hydrogens is 470 g/mol. The molecule has 0 fully saturated rings. The van der Waals surface area contributed by atoms with Crippen molar-refractivity contribution in [2.75, 3.05) is 20.3 Å². The third-order valence-corrected chi connectivity index (χ3v) is 5.57. The van der Waals surface area contributed by atoms with E-state index >= 15 is 0 Å². The number of carbonyl (C=O) groups excluding carboxylic acids is 4. The van der Waals surface area contributed by atoms with Crippen LogP contribution in [0.1, 0.15) is 34.8 Å². The van der Waals surface area contributed by atoms with E-state index in [9.17, 15) is 19.2 Å². The number of nitrogens with zero attached hydrogens (tertiary/aromatic N) is 1. The number of hydrogen-bond acceptors (Lipinski definition) is 8. The number of aromatic nitrogens is 1. The van der Waals surface area contributed by atoms with Gasteiger partial charge in [-0.15, -0.1) is 0 Å². The zero-order valence-electron chi connectivity index (χ0n) is 20.0. The molecule has 0 unspecified atom stereocenters. The Labute approximate surface area is 206 Å². The van der Waals surface area contributed by atoms with Gasteiger partial charge in [-0.25, -0.2) is 14.4 Å². The predicted molar refractivity (Wildman–Crippen MR) is 126 cm³/mol. The van der Waals surface area contributed by atoms with E-state index in [1.165, 1.54) is 13.3 Å². The molecule has 2 aromatic heterocycles. The van der Waals surface area contributed by atoms with Gasteiger partial charge in [0.05, 0.1) is 30.6 Å². The first-order chi connectivity index (χ1) is 17.3. The molecule has 2 N–H and O–H groups in total. The molecule has 0 bridgehead atoms. The van der Waals surface area contributed by atoms with Crippen molar-refractivity contribution in [3.05, 3.63) is 70.9 Å². The smallest absolute Gasteiger partial charge is 0.340 e. The highest BCUT2D eigenvalue weighted by Crippen LogP contribution is 2.29. The number of ether oxygens (including phenoxy) is 3. The van der Waals surface area contributed by atoms with E-state index in [1.807, 2.05) is 0 Å². The van der Waals surface area contributed by atoms with Crippen molar-refractivity contribution in [3.8, 4) is 0 Å². The molecule has 11 heteroatoms. The van der Waals surface area contributed by atoms with Crippen molar-refractivity contribution in [1.82, 2.24) is 15.2 Å². The number of urea groups is 1. The van der Waals surface area contributed by atoms with E-state index in [0.29, 0.717) is 28.0 Å². The number of esters is 3. The summed E-state index contributed by atoms with van der Waals surface area (Å²) in [6.07, 6.45) is 1.52. The Kier molecular flexibility index (Phi) is 7.09. The van der Waals surface area contributed by atoms with Gasteiger partial charge in [0.2, 0.25) is 0 Å². The predicted octanol–water partition coefficient (Wildman–Crippen LogP) is 2.74. The number of carbonyl (C=O) groups is 4. The second kappa shape index (κ2) is 10.4. The zero-order chi connectivity index (χ0) is 25.8. The number of nitrogens with one attached hydrogen (secondary N) is 2. The molecule has 3 aromatic rings. The summed E-state index contributed by atoms with van der Waals surface area (Å²) in [5, 5.41) is 5.80. The van der Waals surface area contributed by atoms with Gasteiger partial charge >= 0.3 is 23.9 Å². The molecule has 0 radical (unpaired) electrons. The van der Waals surface area contributed by atoms with E-state index in [0.717, 1.165) is 0 Å². The standard InChI is InChI=1S/C25H25N3O8/c1-4-34-24(31)21-17(26-25(32)27-22(21)19-10-9-14(2)36-19)13-35-20(29)12-28-11-16(23(30)33-3)15-7-5-6-8-18(15)28/h5-11,22H,4,12-13H2,1-3H3,(H2,26,27,32)/t22-/m1/s1. The lowest BCUT2D eigenvalue weighted by atomic mass is 10.0. The molecule has 2 amide bonds. The van der Waals surface area contributed by atoms with Crippen LogP contribution in [0, 0.1) is 6.92 Å². The summed E-state index contributed by atoms with van der Waals surface area (Å²) >= 11 is 0. The molecule has 188 valence electrons. The quantitative estimate of drug-likeness (QED) is 0.359. The number of rotatable bonds is 8. The van der Waals surface area contributed by atoms with Crippen molar-refractivity contribution in [3.63, 3.8) is 0 Å². The number of para-hydroxylation sites is 1. The van der Waals surface area contributed by atoms with E-state index in [1.54, 1.807) is 54.8 Å². The summed E-state index contributed by atoms with van der Waals surface area (Å²) in [6.45, 7) is 2.89. The van der Waals surface area contributed by atoms with Crippen LogP contribution in [0.25, 0.3) is 10.9 Å². The third-order valence-electron chi connectivity index (χ3n) is 5.57. The molecule has 4 rings (SSSR count). The van der Waals surface area contributed by atoms with E-state index in [4.69, 9.17) is 18.6 Å². The molecule has 1 aliphatic heterocycles. The van der Waals surface area contributed by atoms with Crippen molar-refractivity contribution in [2.45, 2.75) is 26.4 Å². The van der Waals surface area contributed by atoms with Gasteiger partial charge in [-0.1, -0.05) is 18.2 Å². The average molecular weight is 495 g/mol. The second-order valence-corrected chi connectivity index (χ2v) is 7.93. The fourth-order valence-electron chi connectivity index (χ4n) is 3.99. The van der Waals surface area contributed by atoms with Crippen molar-refractivity contribution in [1.29, 1.82) is 0 Å². The highest BCUT2D eigenvalue weighted by molar-refractivity contribution is 6.04. The third kappa shape index (κ3) is 4.95.